The third-order valence-electron chi connectivity index (χ3n) is 3.30. The van der Waals surface area contributed by atoms with Gasteiger partial charge in [0.05, 0.1) is 11.9 Å². The van der Waals surface area contributed by atoms with E-state index in [9.17, 15) is 0 Å². The Labute approximate surface area is 123 Å². The van der Waals surface area contributed by atoms with Gasteiger partial charge < -0.3 is 10.2 Å². The summed E-state index contributed by atoms with van der Waals surface area (Å²) in [7, 11) is 0. The van der Waals surface area contributed by atoms with Crippen LogP contribution in [0.15, 0.2) is 49.2 Å². The van der Waals surface area contributed by atoms with Crippen LogP contribution in [-0.4, -0.2) is 16.1 Å². The molecular weight excluding hydrogens is 272 g/mol. The summed E-state index contributed by atoms with van der Waals surface area (Å²) in [5, 5.41) is 3.67. The van der Waals surface area contributed by atoms with E-state index in [1.807, 2.05) is 24.3 Å². The van der Waals surface area contributed by atoms with Crippen molar-refractivity contribution in [1.29, 1.82) is 0 Å². The molecule has 20 heavy (non-hydrogen) atoms. The first-order valence-electron chi connectivity index (χ1n) is 6.48. The smallest absolute Gasteiger partial charge is 0.224 e. The Balaban J connectivity index is 1.93. The number of hydrogen-bond donors (Lipinski definition) is 1. The summed E-state index contributed by atoms with van der Waals surface area (Å²) in [5.41, 5.74) is 2.14. The Morgan fingerprint density at radius 2 is 2.15 bits per heavy atom. The Hall–Kier alpha value is -2.07. The Kier molecular flexibility index (Phi) is 3.56. The van der Waals surface area contributed by atoms with Gasteiger partial charge in [0.1, 0.15) is 6.17 Å². The maximum atomic E-state index is 5.92. The second kappa shape index (κ2) is 5.51. The van der Waals surface area contributed by atoms with Gasteiger partial charge in [-0.25, -0.2) is 4.98 Å². The first-order valence-corrected chi connectivity index (χ1v) is 6.86. The second-order valence-electron chi connectivity index (χ2n) is 4.67. The van der Waals surface area contributed by atoms with E-state index in [0.29, 0.717) is 0 Å². The Morgan fingerprint density at radius 1 is 1.35 bits per heavy atom. The van der Waals surface area contributed by atoms with Gasteiger partial charge in [0, 0.05) is 13.0 Å². The van der Waals surface area contributed by atoms with Crippen LogP contribution >= 0.6 is 11.6 Å². The molecule has 1 aromatic heterocycles. The second-order valence-corrected chi connectivity index (χ2v) is 5.01. The summed E-state index contributed by atoms with van der Waals surface area (Å²) >= 11 is 5.92. The molecule has 0 fully saturated rings. The van der Waals surface area contributed by atoms with Crippen LogP contribution in [0.2, 0.25) is 5.28 Å². The lowest BCUT2D eigenvalue weighted by atomic mass is 10.2. The lowest BCUT2D eigenvalue weighted by Crippen LogP contribution is -2.35. The maximum absolute atomic E-state index is 5.92. The molecule has 4 nitrogen and oxygen atoms in total. The molecule has 1 aliphatic heterocycles. The summed E-state index contributed by atoms with van der Waals surface area (Å²) < 4.78 is 0. The average molecular weight is 287 g/mol. The van der Waals surface area contributed by atoms with E-state index in [4.69, 9.17) is 11.6 Å². The van der Waals surface area contributed by atoms with Crippen LogP contribution in [0.25, 0.3) is 0 Å². The Morgan fingerprint density at radius 3 is 2.90 bits per heavy atom. The highest BCUT2D eigenvalue weighted by Crippen LogP contribution is 2.35. The van der Waals surface area contributed by atoms with Crippen molar-refractivity contribution in [2.24, 2.45) is 0 Å². The molecule has 5 heteroatoms. The van der Waals surface area contributed by atoms with Gasteiger partial charge in [-0.2, -0.15) is 4.98 Å². The Bertz CT molecular complexity index is 615. The van der Waals surface area contributed by atoms with Crippen molar-refractivity contribution >= 4 is 23.1 Å². The number of benzene rings is 1. The molecule has 0 aliphatic carbocycles. The van der Waals surface area contributed by atoms with Gasteiger partial charge in [0.25, 0.3) is 0 Å². The van der Waals surface area contributed by atoms with Crippen LogP contribution in [0.5, 0.6) is 0 Å². The quantitative estimate of drug-likeness (QED) is 0.690. The minimum Gasteiger partial charge on any atom is -0.361 e. The van der Waals surface area contributed by atoms with Gasteiger partial charge in [-0.3, -0.25) is 0 Å². The SMILES string of the molecule is C=CCC1Nc2cnc(Cl)nc2N1Cc1ccccc1. The minimum absolute atomic E-state index is 0.135. The summed E-state index contributed by atoms with van der Waals surface area (Å²) in [6.45, 7) is 4.59. The number of hydrogen-bond acceptors (Lipinski definition) is 4. The molecule has 0 saturated heterocycles. The van der Waals surface area contributed by atoms with Crippen LogP contribution < -0.4 is 10.2 Å². The molecule has 1 aliphatic rings. The van der Waals surface area contributed by atoms with Crippen molar-refractivity contribution in [2.75, 3.05) is 10.2 Å². The normalized spacial score (nSPS) is 16.6. The van der Waals surface area contributed by atoms with Crippen molar-refractivity contribution in [1.82, 2.24) is 9.97 Å². The molecule has 0 spiro atoms. The largest absolute Gasteiger partial charge is 0.361 e. The zero-order valence-corrected chi connectivity index (χ0v) is 11.7. The van der Waals surface area contributed by atoms with E-state index in [2.05, 4.69) is 38.9 Å². The number of fused-ring (bicyclic) bond motifs is 1. The number of nitrogens with zero attached hydrogens (tertiary/aromatic N) is 3. The van der Waals surface area contributed by atoms with Gasteiger partial charge in [-0.05, 0) is 17.2 Å². The molecule has 1 aromatic carbocycles. The summed E-state index contributed by atoms with van der Waals surface area (Å²) in [4.78, 5) is 10.6. The standard InChI is InChI=1S/C15H15ClN4/c1-2-6-13-18-12-9-17-15(16)19-14(12)20(13)10-11-7-4-3-5-8-11/h2-5,7-9,13,18H,1,6,10H2. The van der Waals surface area contributed by atoms with Crippen molar-refractivity contribution in [3.63, 3.8) is 0 Å². The molecule has 3 rings (SSSR count). The fraction of sp³-hybridized carbons (Fsp3) is 0.200. The fourth-order valence-corrected chi connectivity index (χ4v) is 2.52. The van der Waals surface area contributed by atoms with E-state index >= 15 is 0 Å². The summed E-state index contributed by atoms with van der Waals surface area (Å²) in [6, 6.07) is 10.3. The van der Waals surface area contributed by atoms with Crippen LogP contribution in [0.1, 0.15) is 12.0 Å². The van der Waals surface area contributed by atoms with E-state index in [0.717, 1.165) is 24.5 Å². The van der Waals surface area contributed by atoms with Gasteiger partial charge in [-0.1, -0.05) is 36.4 Å². The highest BCUT2D eigenvalue weighted by atomic mass is 35.5. The van der Waals surface area contributed by atoms with Crippen molar-refractivity contribution in [2.45, 2.75) is 19.1 Å². The lowest BCUT2D eigenvalue weighted by molar-refractivity contribution is 0.673. The molecular formula is C15H15ClN4. The van der Waals surface area contributed by atoms with Crippen LogP contribution in [0.3, 0.4) is 0 Å². The predicted molar refractivity (Wildman–Crippen MR) is 81.9 cm³/mol. The van der Waals surface area contributed by atoms with Gasteiger partial charge >= 0.3 is 0 Å². The van der Waals surface area contributed by atoms with Crippen LogP contribution in [0, 0.1) is 0 Å². The minimum atomic E-state index is 0.135. The van der Waals surface area contributed by atoms with E-state index in [1.165, 1.54) is 5.56 Å². The molecule has 2 aromatic rings. The first kappa shape index (κ1) is 12.9. The molecule has 0 radical (unpaired) electrons. The van der Waals surface area contributed by atoms with E-state index < -0.39 is 0 Å². The zero-order chi connectivity index (χ0) is 13.9. The number of aromatic nitrogens is 2. The highest BCUT2D eigenvalue weighted by molar-refractivity contribution is 6.28. The van der Waals surface area contributed by atoms with Crippen LogP contribution in [-0.2, 0) is 6.54 Å². The molecule has 1 atom stereocenters. The average Bonchev–Trinajstić information content (AvgIpc) is 2.78. The van der Waals surface area contributed by atoms with Crippen molar-refractivity contribution < 1.29 is 0 Å². The summed E-state index contributed by atoms with van der Waals surface area (Å²) in [5.74, 6) is 0.848. The number of anilines is 2. The topological polar surface area (TPSA) is 41.1 Å². The number of halogens is 1. The zero-order valence-electron chi connectivity index (χ0n) is 11.0. The number of nitrogens with one attached hydrogen (secondary N) is 1. The monoisotopic (exact) mass is 286 g/mol. The van der Waals surface area contributed by atoms with Gasteiger partial charge in [-0.15, -0.1) is 6.58 Å². The fourth-order valence-electron chi connectivity index (χ4n) is 2.39. The third-order valence-corrected chi connectivity index (χ3v) is 3.48. The van der Waals surface area contributed by atoms with Gasteiger partial charge in [0.15, 0.2) is 5.82 Å². The molecule has 102 valence electrons. The number of rotatable bonds is 4. The van der Waals surface area contributed by atoms with Crippen molar-refractivity contribution in [3.8, 4) is 0 Å². The third kappa shape index (κ3) is 2.47. The van der Waals surface area contributed by atoms with E-state index in [-0.39, 0.29) is 11.4 Å². The maximum Gasteiger partial charge on any atom is 0.224 e. The molecule has 2 heterocycles. The van der Waals surface area contributed by atoms with Crippen LogP contribution in [0.4, 0.5) is 11.5 Å². The summed E-state index contributed by atoms with van der Waals surface area (Å²) in [6.07, 6.45) is 4.58. The van der Waals surface area contributed by atoms with E-state index in [1.54, 1.807) is 6.20 Å². The van der Waals surface area contributed by atoms with Gasteiger partial charge in [0.2, 0.25) is 5.28 Å². The predicted octanol–water partition coefficient (Wildman–Crippen LogP) is 3.46. The molecule has 0 saturated carbocycles. The molecule has 1 unspecified atom stereocenters. The molecule has 0 bridgehead atoms. The van der Waals surface area contributed by atoms with Crippen molar-refractivity contribution in [3.05, 3.63) is 60.0 Å². The molecule has 0 amide bonds. The first-order chi connectivity index (χ1) is 9.78. The highest BCUT2D eigenvalue weighted by Gasteiger charge is 2.29. The lowest BCUT2D eigenvalue weighted by Gasteiger charge is -2.25. The molecule has 1 N–H and O–H groups in total.